The van der Waals surface area contributed by atoms with Gasteiger partial charge in [0, 0.05) is 6.42 Å². The van der Waals surface area contributed by atoms with E-state index in [2.05, 4.69) is 31.3 Å². The Hall–Kier alpha value is -0.760. The fourth-order valence-electron chi connectivity index (χ4n) is 6.28. The highest BCUT2D eigenvalue weighted by Crippen LogP contribution is 2.43. The SMILES string of the molecule is CCCCCCCCCC/C=C\CCCCCCCCCCCCCC(=O)NC(COP(=O)(O)OCC[N+](C)(C)C)C(O)CCCCCCCC. The third kappa shape index (κ3) is 37.4. The van der Waals surface area contributed by atoms with Crippen LogP contribution >= 0.6 is 7.82 Å². The number of hydrogen-bond donors (Lipinski definition) is 3. The van der Waals surface area contributed by atoms with Gasteiger partial charge in [0.05, 0.1) is 39.9 Å². The molecule has 0 heterocycles. The molecule has 9 heteroatoms. The topological polar surface area (TPSA) is 105 Å². The molecule has 3 unspecified atom stereocenters. The average molecular weight is 746 g/mol. The van der Waals surface area contributed by atoms with Crippen LogP contribution < -0.4 is 5.32 Å². The summed E-state index contributed by atoms with van der Waals surface area (Å²) in [4.78, 5) is 23.0. The maximum absolute atomic E-state index is 12.8. The lowest BCUT2D eigenvalue weighted by Gasteiger charge is -2.26. The summed E-state index contributed by atoms with van der Waals surface area (Å²) in [6, 6.07) is -0.753. The van der Waals surface area contributed by atoms with Crippen molar-refractivity contribution in [3.63, 3.8) is 0 Å². The molecule has 0 rings (SSSR count). The van der Waals surface area contributed by atoms with Gasteiger partial charge in [0.1, 0.15) is 13.2 Å². The maximum Gasteiger partial charge on any atom is 0.472 e. The molecule has 0 radical (unpaired) electrons. The summed E-state index contributed by atoms with van der Waals surface area (Å²) in [5, 5.41) is 13.8. The van der Waals surface area contributed by atoms with Crippen LogP contribution in [-0.2, 0) is 18.4 Å². The second kappa shape index (κ2) is 35.0. The Kier molecular flexibility index (Phi) is 34.5. The molecule has 1 amide bonds. The van der Waals surface area contributed by atoms with Crippen LogP contribution in [0.4, 0.5) is 0 Å². The zero-order valence-electron chi connectivity index (χ0n) is 34.4. The number of unbranched alkanes of at least 4 members (excludes halogenated alkanes) is 24. The Morgan fingerprint density at radius 1 is 0.647 bits per heavy atom. The fourth-order valence-corrected chi connectivity index (χ4v) is 7.01. The number of amides is 1. The Balaban J connectivity index is 4.06. The van der Waals surface area contributed by atoms with Crippen LogP contribution in [0.2, 0.25) is 0 Å². The van der Waals surface area contributed by atoms with Gasteiger partial charge < -0.3 is 19.8 Å². The van der Waals surface area contributed by atoms with Gasteiger partial charge in [-0.05, 0) is 38.5 Å². The monoisotopic (exact) mass is 746 g/mol. The van der Waals surface area contributed by atoms with Crippen molar-refractivity contribution in [3.8, 4) is 0 Å². The number of carbonyl (C=O) groups is 1. The van der Waals surface area contributed by atoms with Crippen molar-refractivity contribution in [3.05, 3.63) is 12.2 Å². The number of carbonyl (C=O) groups excluding carboxylic acids is 1. The molecule has 0 aromatic rings. The van der Waals surface area contributed by atoms with E-state index in [4.69, 9.17) is 9.05 Å². The van der Waals surface area contributed by atoms with Crippen LogP contribution in [0.1, 0.15) is 200 Å². The van der Waals surface area contributed by atoms with Crippen molar-refractivity contribution >= 4 is 13.7 Å². The molecule has 0 aromatic heterocycles. The smallest absolute Gasteiger partial charge is 0.391 e. The standard InChI is InChI=1S/C42H85N2O6P/c1-6-8-10-12-14-15-16-17-18-19-20-21-22-23-24-25-26-27-28-29-30-32-34-36-42(46)43-40(41(45)35-33-31-13-11-9-7-2)39-50-51(47,48)49-38-37-44(3,4)5/h19-20,40-41,45H,6-18,21-39H2,1-5H3,(H-,43,46,47,48)/p+1/b20-19-. The summed E-state index contributed by atoms with van der Waals surface area (Å²) >= 11 is 0. The van der Waals surface area contributed by atoms with Gasteiger partial charge >= 0.3 is 7.82 Å². The van der Waals surface area contributed by atoms with Gasteiger partial charge in [0.2, 0.25) is 5.91 Å². The summed E-state index contributed by atoms with van der Waals surface area (Å²) in [6.45, 7) is 4.82. The van der Waals surface area contributed by atoms with Crippen molar-refractivity contribution in [2.45, 2.75) is 212 Å². The van der Waals surface area contributed by atoms with Crippen molar-refractivity contribution in [2.24, 2.45) is 0 Å². The van der Waals surface area contributed by atoms with E-state index in [-0.39, 0.29) is 19.1 Å². The van der Waals surface area contributed by atoms with E-state index in [1.807, 2.05) is 21.1 Å². The van der Waals surface area contributed by atoms with E-state index in [1.54, 1.807) is 0 Å². The Bertz CT molecular complexity index is 850. The number of hydrogen-bond acceptors (Lipinski definition) is 5. The number of phosphoric ester groups is 1. The first kappa shape index (κ1) is 50.2. The summed E-state index contributed by atoms with van der Waals surface area (Å²) in [5.74, 6) is -0.150. The minimum Gasteiger partial charge on any atom is -0.391 e. The summed E-state index contributed by atoms with van der Waals surface area (Å²) < 4.78 is 23.4. The summed E-state index contributed by atoms with van der Waals surface area (Å²) in [5.41, 5.74) is 0. The summed E-state index contributed by atoms with van der Waals surface area (Å²) in [7, 11) is 1.62. The van der Waals surface area contributed by atoms with Crippen molar-refractivity contribution in [1.82, 2.24) is 5.32 Å². The van der Waals surface area contributed by atoms with Crippen molar-refractivity contribution in [2.75, 3.05) is 40.9 Å². The quantitative estimate of drug-likeness (QED) is 0.0250. The first-order valence-corrected chi connectivity index (χ1v) is 23.0. The van der Waals surface area contributed by atoms with Crippen molar-refractivity contribution < 1.29 is 32.9 Å². The molecule has 0 saturated carbocycles. The number of nitrogens with zero attached hydrogens (tertiary/aromatic N) is 1. The molecule has 0 saturated heterocycles. The highest BCUT2D eigenvalue weighted by Gasteiger charge is 2.28. The Morgan fingerprint density at radius 2 is 1.06 bits per heavy atom. The maximum atomic E-state index is 12.8. The lowest BCUT2D eigenvalue weighted by atomic mass is 10.0. The molecule has 0 bridgehead atoms. The lowest BCUT2D eigenvalue weighted by Crippen LogP contribution is -2.46. The molecule has 51 heavy (non-hydrogen) atoms. The van der Waals surface area contributed by atoms with E-state index in [0.29, 0.717) is 23.9 Å². The van der Waals surface area contributed by atoms with Crippen LogP contribution in [0.15, 0.2) is 12.2 Å². The third-order valence-electron chi connectivity index (χ3n) is 9.76. The van der Waals surface area contributed by atoms with Crippen LogP contribution in [0.3, 0.4) is 0 Å². The molecule has 0 aliphatic carbocycles. The zero-order chi connectivity index (χ0) is 37.9. The van der Waals surface area contributed by atoms with Gasteiger partial charge in [0.25, 0.3) is 0 Å². The van der Waals surface area contributed by atoms with E-state index in [9.17, 15) is 19.4 Å². The summed E-state index contributed by atoms with van der Waals surface area (Å²) in [6.07, 6.45) is 38.4. The second-order valence-corrected chi connectivity index (χ2v) is 17.5. The predicted octanol–water partition coefficient (Wildman–Crippen LogP) is 11.6. The van der Waals surface area contributed by atoms with Gasteiger partial charge in [-0.3, -0.25) is 13.8 Å². The Morgan fingerprint density at radius 3 is 1.51 bits per heavy atom. The lowest BCUT2D eigenvalue weighted by molar-refractivity contribution is -0.870. The number of aliphatic hydroxyl groups is 1. The largest absolute Gasteiger partial charge is 0.472 e. The molecule has 0 aliphatic rings. The highest BCUT2D eigenvalue weighted by atomic mass is 31.2. The molecule has 8 nitrogen and oxygen atoms in total. The second-order valence-electron chi connectivity index (χ2n) is 16.1. The number of phosphoric acid groups is 1. The van der Waals surface area contributed by atoms with Gasteiger partial charge in [-0.15, -0.1) is 0 Å². The number of quaternary nitrogens is 1. The van der Waals surface area contributed by atoms with E-state index in [0.717, 1.165) is 38.5 Å². The molecule has 0 spiro atoms. The molecule has 0 aliphatic heterocycles. The molecular weight excluding hydrogens is 659 g/mol. The van der Waals surface area contributed by atoms with E-state index >= 15 is 0 Å². The third-order valence-corrected chi connectivity index (χ3v) is 10.7. The predicted molar refractivity (Wildman–Crippen MR) is 217 cm³/mol. The van der Waals surface area contributed by atoms with Crippen LogP contribution in [0.25, 0.3) is 0 Å². The Labute approximate surface area is 316 Å². The van der Waals surface area contributed by atoms with Crippen LogP contribution in [0.5, 0.6) is 0 Å². The van der Waals surface area contributed by atoms with E-state index < -0.39 is 20.0 Å². The first-order valence-electron chi connectivity index (χ1n) is 21.6. The fraction of sp³-hybridized carbons (Fsp3) is 0.929. The number of nitrogens with one attached hydrogen (secondary N) is 1. The molecule has 0 fully saturated rings. The van der Waals surface area contributed by atoms with Gasteiger partial charge in [-0.25, -0.2) is 4.57 Å². The van der Waals surface area contributed by atoms with Crippen LogP contribution in [-0.4, -0.2) is 73.4 Å². The first-order chi connectivity index (χ1) is 24.5. The van der Waals surface area contributed by atoms with Gasteiger partial charge in [0.15, 0.2) is 0 Å². The van der Waals surface area contributed by atoms with E-state index in [1.165, 1.54) is 135 Å². The van der Waals surface area contributed by atoms with Crippen molar-refractivity contribution in [1.29, 1.82) is 0 Å². The number of allylic oxidation sites excluding steroid dienone is 2. The number of rotatable bonds is 39. The van der Waals surface area contributed by atoms with Gasteiger partial charge in [-0.1, -0.05) is 167 Å². The minimum absolute atomic E-state index is 0.0756. The van der Waals surface area contributed by atoms with Crippen LogP contribution in [0, 0.1) is 0 Å². The zero-order valence-corrected chi connectivity index (χ0v) is 35.3. The average Bonchev–Trinajstić information content (AvgIpc) is 3.07. The molecule has 3 N–H and O–H groups in total. The molecular formula is C42H86N2O6P+. The minimum atomic E-state index is -4.30. The molecule has 3 atom stereocenters. The molecule has 0 aromatic carbocycles. The highest BCUT2D eigenvalue weighted by molar-refractivity contribution is 7.47. The normalized spacial score (nSPS) is 14.6. The van der Waals surface area contributed by atoms with Gasteiger partial charge in [-0.2, -0.15) is 0 Å². The number of likely N-dealkylation sites (N-methyl/N-ethyl adjacent to an activating group) is 1. The molecule has 304 valence electrons. The number of aliphatic hydroxyl groups excluding tert-OH is 1.